The highest BCUT2D eigenvalue weighted by molar-refractivity contribution is 7.39. The third kappa shape index (κ3) is 8.20. The number of halogens is 3. The Morgan fingerprint density at radius 1 is 1.09 bits per heavy atom. The van der Waals surface area contributed by atoms with E-state index in [1.165, 1.54) is 12.1 Å². The Labute approximate surface area is 190 Å². The summed E-state index contributed by atoms with van der Waals surface area (Å²) in [5.74, 6) is -0.212. The van der Waals surface area contributed by atoms with Crippen LogP contribution >= 0.6 is 19.9 Å². The lowest BCUT2D eigenvalue weighted by atomic mass is 10.1. The Hall–Kier alpha value is -1.36. The summed E-state index contributed by atoms with van der Waals surface area (Å²) in [6.07, 6.45) is 1.50. The normalized spacial score (nSPS) is 14.0. The maximum atomic E-state index is 13.6. The zero-order valence-electron chi connectivity index (χ0n) is 18.1. The number of aromatic nitrogens is 2. The first-order valence-corrected chi connectivity index (χ1v) is 12.3. The van der Waals surface area contributed by atoms with E-state index in [2.05, 4.69) is 17.1 Å². The van der Waals surface area contributed by atoms with Crippen LogP contribution in [0.5, 0.6) is 5.75 Å². The van der Waals surface area contributed by atoms with Crippen molar-refractivity contribution in [3.05, 3.63) is 28.8 Å². The quantitative estimate of drug-likeness (QED) is 0.253. The minimum Gasteiger partial charge on any atom is -0.493 e. The lowest BCUT2D eigenvalue weighted by molar-refractivity contribution is -0.138. The molecule has 1 heterocycles. The smallest absolute Gasteiger partial charge is 0.419 e. The van der Waals surface area contributed by atoms with E-state index in [-0.39, 0.29) is 29.5 Å². The van der Waals surface area contributed by atoms with Crippen molar-refractivity contribution in [3.8, 4) is 16.3 Å². The second-order valence-electron chi connectivity index (χ2n) is 7.68. The van der Waals surface area contributed by atoms with Gasteiger partial charge in [0, 0.05) is 5.56 Å². The van der Waals surface area contributed by atoms with Crippen LogP contribution in [0.3, 0.4) is 0 Å². The molecule has 0 aliphatic carbocycles. The Morgan fingerprint density at radius 2 is 1.78 bits per heavy atom. The first-order chi connectivity index (χ1) is 15.0. The number of nitrogens with zero attached hydrogens (tertiary/aromatic N) is 2. The van der Waals surface area contributed by atoms with E-state index in [1.807, 2.05) is 0 Å². The molecule has 1 atom stereocenters. The molecule has 2 aromatic rings. The topological polar surface area (TPSA) is 111 Å². The van der Waals surface area contributed by atoms with Gasteiger partial charge in [0.2, 0.25) is 0 Å². The predicted octanol–water partition coefficient (Wildman–Crippen LogP) is 5.37. The van der Waals surface area contributed by atoms with Crippen molar-refractivity contribution >= 4 is 19.9 Å². The Morgan fingerprint density at radius 3 is 2.44 bits per heavy atom. The van der Waals surface area contributed by atoms with Crippen LogP contribution in [0.4, 0.5) is 13.2 Å². The molecule has 0 bridgehead atoms. The molecule has 0 unspecified atom stereocenters. The zero-order valence-corrected chi connectivity index (χ0v) is 19.8. The van der Waals surface area contributed by atoms with Crippen molar-refractivity contribution in [2.45, 2.75) is 64.1 Å². The summed E-state index contributed by atoms with van der Waals surface area (Å²) in [5, 5.41) is 8.43. The average molecular weight is 496 g/mol. The molecule has 1 aromatic carbocycles. The van der Waals surface area contributed by atoms with Gasteiger partial charge in [-0.1, -0.05) is 50.4 Å². The van der Waals surface area contributed by atoms with Gasteiger partial charge in [0.1, 0.15) is 15.8 Å². The van der Waals surface area contributed by atoms with Crippen molar-refractivity contribution in [1.29, 1.82) is 0 Å². The van der Waals surface area contributed by atoms with Crippen molar-refractivity contribution in [3.63, 3.8) is 0 Å². The molecule has 2 rings (SSSR count). The number of unbranched alkanes of at least 4 members (excludes halogenated alkanes) is 5. The van der Waals surface area contributed by atoms with E-state index in [9.17, 15) is 13.2 Å². The molecule has 180 valence electrons. The molecule has 4 N–H and O–H groups in total. The van der Waals surface area contributed by atoms with Crippen LogP contribution in [-0.2, 0) is 16.2 Å². The van der Waals surface area contributed by atoms with Crippen molar-refractivity contribution < 1.29 is 32.2 Å². The van der Waals surface area contributed by atoms with Gasteiger partial charge >= 0.3 is 14.8 Å². The lowest BCUT2D eigenvalue weighted by Gasteiger charge is -2.20. The second-order valence-corrected chi connectivity index (χ2v) is 9.42. The second kappa shape index (κ2) is 12.2. The van der Waals surface area contributed by atoms with Gasteiger partial charge in [-0.05, 0) is 31.5 Å². The monoisotopic (exact) mass is 495 g/mol. The first kappa shape index (κ1) is 26.9. The molecule has 12 heteroatoms. The standard InChI is InChI=1S/C20H29F3N3O4PS/c1-3-4-5-6-7-8-11-29-16-10-9-14(12-15(16)20(21,22)23)17-25-26-18(32-17)19(2,24)13-30-31(27)28/h9-10,12,27-28H,3-8,11,13,24H2,1-2H3/t19-/m0/s1. The highest BCUT2D eigenvalue weighted by atomic mass is 32.1. The molecule has 32 heavy (non-hydrogen) atoms. The van der Waals surface area contributed by atoms with Crippen LogP contribution in [0, 0.1) is 0 Å². The molecular formula is C20H29F3N3O4PS. The Bertz CT molecular complexity index is 850. The summed E-state index contributed by atoms with van der Waals surface area (Å²) in [6.45, 7) is 3.66. The van der Waals surface area contributed by atoms with Crippen LogP contribution in [0.15, 0.2) is 18.2 Å². The minimum atomic E-state index is -4.59. The largest absolute Gasteiger partial charge is 0.493 e. The maximum absolute atomic E-state index is 13.6. The number of alkyl halides is 3. The first-order valence-electron chi connectivity index (χ1n) is 10.3. The van der Waals surface area contributed by atoms with Gasteiger partial charge < -0.3 is 24.8 Å². The molecule has 0 radical (unpaired) electrons. The summed E-state index contributed by atoms with van der Waals surface area (Å²) < 4.78 is 51.1. The molecule has 0 spiro atoms. The number of hydrogen-bond acceptors (Lipinski definition) is 8. The lowest BCUT2D eigenvalue weighted by Crippen LogP contribution is -2.37. The molecule has 1 aromatic heterocycles. The van der Waals surface area contributed by atoms with Gasteiger partial charge in [-0.3, -0.25) is 0 Å². The fourth-order valence-electron chi connectivity index (χ4n) is 2.90. The van der Waals surface area contributed by atoms with Gasteiger partial charge in [0.05, 0.1) is 24.3 Å². The highest BCUT2D eigenvalue weighted by Gasteiger charge is 2.35. The predicted molar refractivity (Wildman–Crippen MR) is 118 cm³/mol. The molecule has 0 fully saturated rings. The summed E-state index contributed by atoms with van der Waals surface area (Å²) in [5.41, 5.74) is 4.25. The summed E-state index contributed by atoms with van der Waals surface area (Å²) in [4.78, 5) is 17.8. The Balaban J connectivity index is 2.11. The van der Waals surface area contributed by atoms with Crippen LogP contribution in [0.25, 0.3) is 10.6 Å². The van der Waals surface area contributed by atoms with Crippen molar-refractivity contribution in [2.24, 2.45) is 5.73 Å². The Kier molecular flexibility index (Phi) is 10.3. The van der Waals surface area contributed by atoms with E-state index in [0.29, 0.717) is 11.4 Å². The molecule has 0 aliphatic heterocycles. The number of rotatable bonds is 13. The van der Waals surface area contributed by atoms with E-state index in [4.69, 9.17) is 24.8 Å². The van der Waals surface area contributed by atoms with Crippen molar-refractivity contribution in [2.75, 3.05) is 13.2 Å². The molecule has 0 amide bonds. The van der Waals surface area contributed by atoms with Gasteiger partial charge in [-0.25, -0.2) is 0 Å². The van der Waals surface area contributed by atoms with Crippen LogP contribution in [0.2, 0.25) is 0 Å². The zero-order chi connectivity index (χ0) is 23.8. The molecule has 0 saturated carbocycles. The third-order valence-corrected chi connectivity index (χ3v) is 6.29. The maximum Gasteiger partial charge on any atom is 0.419 e. The summed E-state index contributed by atoms with van der Waals surface area (Å²) in [7, 11) is -2.59. The van der Waals surface area contributed by atoms with Crippen LogP contribution in [0.1, 0.15) is 62.9 Å². The van der Waals surface area contributed by atoms with Crippen LogP contribution in [-0.4, -0.2) is 33.2 Å². The molecular weight excluding hydrogens is 466 g/mol. The third-order valence-electron chi connectivity index (χ3n) is 4.68. The summed E-state index contributed by atoms with van der Waals surface area (Å²) >= 11 is 1.01. The highest BCUT2D eigenvalue weighted by Crippen LogP contribution is 2.40. The van der Waals surface area contributed by atoms with Gasteiger partial charge in [0.25, 0.3) is 0 Å². The fraction of sp³-hybridized carbons (Fsp3) is 0.600. The molecule has 7 nitrogen and oxygen atoms in total. The van der Waals surface area contributed by atoms with Crippen molar-refractivity contribution in [1.82, 2.24) is 10.2 Å². The molecule has 0 aliphatic rings. The van der Waals surface area contributed by atoms with Gasteiger partial charge in [0.15, 0.2) is 0 Å². The number of ether oxygens (including phenoxy) is 1. The van der Waals surface area contributed by atoms with E-state index in [1.54, 1.807) is 6.92 Å². The SMILES string of the molecule is CCCCCCCCOc1ccc(-c2nnc([C@@](C)(N)COP(O)O)s2)cc1C(F)(F)F. The summed E-state index contributed by atoms with van der Waals surface area (Å²) in [6, 6.07) is 3.79. The van der Waals surface area contributed by atoms with Gasteiger partial charge in [-0.2, -0.15) is 13.2 Å². The van der Waals surface area contributed by atoms with E-state index >= 15 is 0 Å². The number of benzene rings is 1. The van der Waals surface area contributed by atoms with Crippen LogP contribution < -0.4 is 10.5 Å². The number of hydrogen-bond donors (Lipinski definition) is 3. The fourth-order valence-corrected chi connectivity index (χ4v) is 4.17. The van der Waals surface area contributed by atoms with Gasteiger partial charge in [-0.15, -0.1) is 10.2 Å². The van der Waals surface area contributed by atoms with E-state index in [0.717, 1.165) is 49.5 Å². The number of nitrogens with two attached hydrogens (primary N) is 1. The minimum absolute atomic E-state index is 0.212. The molecule has 0 saturated heterocycles. The average Bonchev–Trinajstić information content (AvgIpc) is 3.22. The van der Waals surface area contributed by atoms with E-state index < -0.39 is 25.9 Å².